The van der Waals surface area contributed by atoms with Crippen molar-refractivity contribution in [2.75, 3.05) is 58.1 Å². The van der Waals surface area contributed by atoms with Crippen molar-refractivity contribution in [3.63, 3.8) is 0 Å². The van der Waals surface area contributed by atoms with E-state index >= 15 is 0 Å². The highest BCUT2D eigenvalue weighted by Gasteiger charge is 2.25. The first-order valence-corrected chi connectivity index (χ1v) is 15.2. The standard InChI is InChI=1S/C28H35ClN6O4S/c1-34(2)40(36,37)26-7-5-4-6-23(26)31-27-22(29)18-30-28(33-27)32-24-16-19-8-10-21(35-12-14-39-15-13-35)11-9-20(19)17-25(24)38-3/h4-7,16-18,21H,8-15H2,1-3H3,(H2,30,31,32,33). The molecule has 2 heterocycles. The lowest BCUT2D eigenvalue weighted by Crippen LogP contribution is -2.43. The number of hydrogen-bond acceptors (Lipinski definition) is 9. The second-order valence-electron chi connectivity index (χ2n) is 10.1. The molecule has 0 spiro atoms. The lowest BCUT2D eigenvalue weighted by molar-refractivity contribution is 0.0136. The third-order valence-electron chi connectivity index (χ3n) is 7.47. The third-order valence-corrected chi connectivity index (χ3v) is 9.62. The van der Waals surface area contributed by atoms with Crippen molar-refractivity contribution in [1.29, 1.82) is 0 Å². The molecule has 1 saturated heterocycles. The number of methoxy groups -OCH3 is 1. The van der Waals surface area contributed by atoms with Gasteiger partial charge >= 0.3 is 0 Å². The lowest BCUT2D eigenvalue weighted by atomic mass is 10.0. The normalized spacial score (nSPS) is 18.2. The lowest BCUT2D eigenvalue weighted by Gasteiger charge is -2.33. The number of fused-ring (bicyclic) bond motifs is 1. The summed E-state index contributed by atoms with van der Waals surface area (Å²) in [7, 11) is 0.940. The van der Waals surface area contributed by atoms with E-state index in [0.717, 1.165) is 62.0 Å². The molecule has 1 aliphatic heterocycles. The monoisotopic (exact) mass is 586 g/mol. The molecule has 1 unspecified atom stereocenters. The molecule has 0 amide bonds. The number of nitrogens with one attached hydrogen (secondary N) is 2. The van der Waals surface area contributed by atoms with Crippen LogP contribution in [0.2, 0.25) is 5.02 Å². The molecule has 2 aliphatic rings. The van der Waals surface area contributed by atoms with Crippen molar-refractivity contribution >= 4 is 44.8 Å². The van der Waals surface area contributed by atoms with Crippen molar-refractivity contribution in [3.05, 3.63) is 58.7 Å². The van der Waals surface area contributed by atoms with Crippen LogP contribution in [-0.4, -0.2) is 81.1 Å². The number of sulfonamides is 1. The van der Waals surface area contributed by atoms with E-state index in [2.05, 4.69) is 37.6 Å². The Kier molecular flexibility index (Phi) is 8.77. The predicted molar refractivity (Wildman–Crippen MR) is 157 cm³/mol. The Morgan fingerprint density at radius 2 is 1.75 bits per heavy atom. The zero-order chi connectivity index (χ0) is 28.3. The average molecular weight is 587 g/mol. The third kappa shape index (κ3) is 6.18. The molecule has 5 rings (SSSR count). The maximum absolute atomic E-state index is 12.8. The Labute approximate surface area is 240 Å². The maximum atomic E-state index is 12.8. The van der Waals surface area contributed by atoms with Crippen molar-refractivity contribution < 1.29 is 17.9 Å². The summed E-state index contributed by atoms with van der Waals surface area (Å²) in [5.41, 5.74) is 3.71. The van der Waals surface area contributed by atoms with Crippen LogP contribution < -0.4 is 15.4 Å². The number of anilines is 4. The van der Waals surface area contributed by atoms with E-state index in [4.69, 9.17) is 21.1 Å². The van der Waals surface area contributed by atoms with Gasteiger partial charge in [0.15, 0.2) is 5.82 Å². The Bertz CT molecular complexity index is 1460. The zero-order valence-corrected chi connectivity index (χ0v) is 24.6. The fourth-order valence-electron chi connectivity index (χ4n) is 5.25. The van der Waals surface area contributed by atoms with Crippen LogP contribution in [-0.2, 0) is 27.6 Å². The Hall–Kier alpha value is -2.96. The number of hydrogen-bond donors (Lipinski definition) is 2. The number of ether oxygens (including phenoxy) is 2. The molecule has 1 aromatic heterocycles. The predicted octanol–water partition coefficient (Wildman–Crippen LogP) is 4.46. The van der Waals surface area contributed by atoms with E-state index in [9.17, 15) is 8.42 Å². The van der Waals surface area contributed by atoms with E-state index in [1.54, 1.807) is 25.3 Å². The minimum atomic E-state index is -3.69. The number of para-hydroxylation sites is 1. The number of halogens is 1. The van der Waals surface area contributed by atoms with Gasteiger partial charge in [-0.1, -0.05) is 23.7 Å². The quantitative estimate of drug-likeness (QED) is 0.370. The first kappa shape index (κ1) is 28.6. The van der Waals surface area contributed by atoms with Gasteiger partial charge in [-0.2, -0.15) is 4.98 Å². The number of benzene rings is 2. The van der Waals surface area contributed by atoms with E-state index in [1.165, 1.54) is 37.5 Å². The number of aryl methyl sites for hydroxylation is 2. The van der Waals surface area contributed by atoms with E-state index in [0.29, 0.717) is 23.4 Å². The van der Waals surface area contributed by atoms with Gasteiger partial charge < -0.3 is 20.1 Å². The second-order valence-corrected chi connectivity index (χ2v) is 12.7. The SMILES string of the molecule is COc1cc2c(cc1Nc1ncc(Cl)c(Nc3ccccc3S(=O)(=O)N(C)C)n1)CCC(N1CCOCC1)CC2. The molecule has 214 valence electrons. The maximum Gasteiger partial charge on any atom is 0.244 e. The van der Waals surface area contributed by atoms with Crippen LogP contribution in [0.3, 0.4) is 0 Å². The molecule has 3 aromatic rings. The van der Waals surface area contributed by atoms with E-state index in [1.807, 2.05) is 0 Å². The van der Waals surface area contributed by atoms with Crippen LogP contribution in [0.1, 0.15) is 24.0 Å². The van der Waals surface area contributed by atoms with Gasteiger partial charge in [-0.25, -0.2) is 17.7 Å². The van der Waals surface area contributed by atoms with Gasteiger partial charge in [-0.05, 0) is 61.1 Å². The molecule has 1 atom stereocenters. The van der Waals surface area contributed by atoms with Crippen molar-refractivity contribution in [2.45, 2.75) is 36.6 Å². The van der Waals surface area contributed by atoms with Crippen LogP contribution in [0.4, 0.5) is 23.1 Å². The highest BCUT2D eigenvalue weighted by molar-refractivity contribution is 7.89. The summed E-state index contributed by atoms with van der Waals surface area (Å²) < 4.78 is 38.1. The Balaban J connectivity index is 1.38. The van der Waals surface area contributed by atoms with Crippen molar-refractivity contribution in [3.8, 4) is 5.75 Å². The van der Waals surface area contributed by atoms with Crippen LogP contribution in [0.15, 0.2) is 47.5 Å². The molecule has 2 N–H and O–H groups in total. The van der Waals surface area contributed by atoms with E-state index < -0.39 is 10.0 Å². The molecular formula is C28H35ClN6O4S. The fraction of sp³-hybridized carbons (Fsp3) is 0.429. The molecule has 40 heavy (non-hydrogen) atoms. The van der Waals surface area contributed by atoms with Crippen LogP contribution in [0.25, 0.3) is 0 Å². The van der Waals surface area contributed by atoms with Gasteiger partial charge in [0.2, 0.25) is 16.0 Å². The minimum absolute atomic E-state index is 0.118. The van der Waals surface area contributed by atoms with Gasteiger partial charge in [-0.15, -0.1) is 0 Å². The van der Waals surface area contributed by atoms with Gasteiger partial charge in [-0.3, -0.25) is 4.90 Å². The molecule has 0 bridgehead atoms. The Morgan fingerprint density at radius 1 is 1.05 bits per heavy atom. The number of nitrogens with zero attached hydrogens (tertiary/aromatic N) is 4. The summed E-state index contributed by atoms with van der Waals surface area (Å²) in [6.45, 7) is 3.60. The highest BCUT2D eigenvalue weighted by atomic mass is 35.5. The molecule has 1 aliphatic carbocycles. The summed E-state index contributed by atoms with van der Waals surface area (Å²) >= 11 is 6.42. The van der Waals surface area contributed by atoms with Crippen LogP contribution >= 0.6 is 11.6 Å². The average Bonchev–Trinajstić information content (AvgIpc) is 3.17. The first-order valence-electron chi connectivity index (χ1n) is 13.4. The van der Waals surface area contributed by atoms with E-state index in [-0.39, 0.29) is 15.7 Å². The van der Waals surface area contributed by atoms with Crippen molar-refractivity contribution in [1.82, 2.24) is 19.2 Å². The summed E-state index contributed by atoms with van der Waals surface area (Å²) in [6, 6.07) is 11.4. The summed E-state index contributed by atoms with van der Waals surface area (Å²) in [5, 5.41) is 6.62. The first-order chi connectivity index (χ1) is 19.3. The number of morpholine rings is 1. The molecule has 0 radical (unpaired) electrons. The summed E-state index contributed by atoms with van der Waals surface area (Å²) in [6.07, 6.45) is 5.66. The molecular weight excluding hydrogens is 552 g/mol. The molecule has 12 heteroatoms. The summed E-state index contributed by atoms with van der Waals surface area (Å²) in [4.78, 5) is 11.6. The van der Waals surface area contributed by atoms with Gasteiger partial charge in [0.05, 0.1) is 37.9 Å². The Morgan fingerprint density at radius 3 is 2.45 bits per heavy atom. The molecule has 0 saturated carbocycles. The fourth-order valence-corrected chi connectivity index (χ4v) is 6.43. The van der Waals surface area contributed by atoms with Gasteiger partial charge in [0, 0.05) is 33.2 Å². The number of rotatable bonds is 8. The molecule has 10 nitrogen and oxygen atoms in total. The van der Waals surface area contributed by atoms with Crippen LogP contribution in [0, 0.1) is 0 Å². The van der Waals surface area contributed by atoms with Crippen molar-refractivity contribution in [2.24, 2.45) is 0 Å². The van der Waals surface area contributed by atoms with Gasteiger partial charge in [0.1, 0.15) is 15.7 Å². The topological polar surface area (TPSA) is 109 Å². The number of aromatic nitrogens is 2. The largest absolute Gasteiger partial charge is 0.495 e. The second kappa shape index (κ2) is 12.3. The van der Waals surface area contributed by atoms with Crippen LogP contribution in [0.5, 0.6) is 5.75 Å². The van der Waals surface area contributed by atoms with Gasteiger partial charge in [0.25, 0.3) is 0 Å². The zero-order valence-electron chi connectivity index (χ0n) is 23.0. The highest BCUT2D eigenvalue weighted by Crippen LogP contribution is 2.35. The smallest absolute Gasteiger partial charge is 0.244 e. The molecule has 2 aromatic carbocycles. The summed E-state index contributed by atoms with van der Waals surface area (Å²) in [5.74, 6) is 1.29. The minimum Gasteiger partial charge on any atom is -0.495 e. The molecule has 1 fully saturated rings.